The second-order valence-corrected chi connectivity index (χ2v) is 5.13. The van der Waals surface area contributed by atoms with Crippen molar-refractivity contribution < 1.29 is 9.84 Å². The normalized spacial score (nSPS) is 29.2. The van der Waals surface area contributed by atoms with Crippen LogP contribution in [0.15, 0.2) is 0 Å². The van der Waals surface area contributed by atoms with Gasteiger partial charge in [0.1, 0.15) is 0 Å². The van der Waals surface area contributed by atoms with Crippen LogP contribution in [0.1, 0.15) is 32.5 Å². The van der Waals surface area contributed by atoms with Crippen LogP contribution in [0.25, 0.3) is 0 Å². The molecule has 1 unspecified atom stereocenters. The van der Waals surface area contributed by atoms with Gasteiger partial charge in [0, 0.05) is 19.3 Å². The maximum atomic E-state index is 10.5. The number of rotatable bonds is 2. The van der Waals surface area contributed by atoms with Crippen LogP contribution in [0.3, 0.4) is 0 Å². The van der Waals surface area contributed by atoms with Crippen LogP contribution >= 0.6 is 0 Å². The van der Waals surface area contributed by atoms with Gasteiger partial charge in [-0.25, -0.2) is 0 Å². The summed E-state index contributed by atoms with van der Waals surface area (Å²) in [5, 5.41) is 22.2. The summed E-state index contributed by atoms with van der Waals surface area (Å²) in [5.41, 5.74) is -1.06. The number of tetrazole rings is 1. The molecule has 0 bridgehead atoms. The minimum Gasteiger partial charge on any atom is -0.389 e. The molecular formula is C10H18N4O2. The van der Waals surface area contributed by atoms with Crippen LogP contribution in [0.5, 0.6) is 0 Å². The highest BCUT2D eigenvalue weighted by molar-refractivity contribution is 4.97. The predicted molar refractivity (Wildman–Crippen MR) is 56.7 cm³/mol. The number of hydrogen-bond acceptors (Lipinski definition) is 5. The fourth-order valence-corrected chi connectivity index (χ4v) is 2.29. The highest BCUT2D eigenvalue weighted by Crippen LogP contribution is 2.33. The maximum Gasteiger partial charge on any atom is 0.177 e. The molecule has 16 heavy (non-hydrogen) atoms. The summed E-state index contributed by atoms with van der Waals surface area (Å²) < 4.78 is 5.58. The van der Waals surface area contributed by atoms with Crippen molar-refractivity contribution in [3.05, 3.63) is 5.82 Å². The average molecular weight is 226 g/mol. The number of aryl methyl sites for hydroxylation is 1. The summed E-state index contributed by atoms with van der Waals surface area (Å²) in [6.07, 6.45) is 1.65. The first kappa shape index (κ1) is 11.5. The fourth-order valence-electron chi connectivity index (χ4n) is 2.29. The van der Waals surface area contributed by atoms with Crippen molar-refractivity contribution in [3.8, 4) is 0 Å². The molecular weight excluding hydrogens is 208 g/mol. The maximum absolute atomic E-state index is 10.5. The Balaban J connectivity index is 2.07. The monoisotopic (exact) mass is 226 g/mol. The Bertz CT molecular complexity index is 377. The molecule has 0 aliphatic carbocycles. The van der Waals surface area contributed by atoms with Crippen molar-refractivity contribution >= 4 is 0 Å². The van der Waals surface area contributed by atoms with Crippen molar-refractivity contribution in [2.75, 3.05) is 6.61 Å². The van der Waals surface area contributed by atoms with Gasteiger partial charge in [0.15, 0.2) is 5.82 Å². The van der Waals surface area contributed by atoms with Gasteiger partial charge in [-0.15, -0.1) is 10.2 Å². The minimum atomic E-state index is -0.773. The summed E-state index contributed by atoms with van der Waals surface area (Å²) in [6, 6.07) is 0. The molecule has 2 rings (SSSR count). The molecule has 1 atom stereocenters. The molecule has 0 aromatic carbocycles. The Hall–Kier alpha value is -1.01. The number of aliphatic hydroxyl groups is 1. The van der Waals surface area contributed by atoms with Crippen molar-refractivity contribution in [3.63, 3.8) is 0 Å². The topological polar surface area (TPSA) is 73.1 Å². The summed E-state index contributed by atoms with van der Waals surface area (Å²) in [4.78, 5) is 1.41. The van der Waals surface area contributed by atoms with Crippen LogP contribution < -0.4 is 0 Å². The van der Waals surface area contributed by atoms with E-state index >= 15 is 0 Å². The second-order valence-electron chi connectivity index (χ2n) is 5.13. The lowest BCUT2D eigenvalue weighted by Gasteiger charge is -2.41. The van der Waals surface area contributed by atoms with Gasteiger partial charge in [-0.1, -0.05) is 0 Å². The Morgan fingerprint density at radius 1 is 1.50 bits per heavy atom. The van der Waals surface area contributed by atoms with E-state index in [-0.39, 0.29) is 5.60 Å². The third-order valence-corrected chi connectivity index (χ3v) is 2.85. The number of hydrogen-bond donors (Lipinski definition) is 1. The Kier molecular flexibility index (Phi) is 2.71. The van der Waals surface area contributed by atoms with E-state index in [0.717, 1.165) is 0 Å². The first-order chi connectivity index (χ1) is 7.39. The lowest BCUT2D eigenvalue weighted by Crippen LogP contribution is -2.47. The van der Waals surface area contributed by atoms with Gasteiger partial charge in [0.05, 0.1) is 24.9 Å². The number of aromatic nitrogens is 4. The molecule has 0 radical (unpaired) electrons. The molecule has 1 aromatic rings. The molecule has 1 N–H and O–H groups in total. The summed E-state index contributed by atoms with van der Waals surface area (Å²) in [6.45, 7) is 4.55. The van der Waals surface area contributed by atoms with Crippen LogP contribution in [0.4, 0.5) is 0 Å². The highest BCUT2D eigenvalue weighted by atomic mass is 16.5. The van der Waals surface area contributed by atoms with Gasteiger partial charge < -0.3 is 9.84 Å². The number of ether oxygens (including phenoxy) is 1. The largest absolute Gasteiger partial charge is 0.389 e. The van der Waals surface area contributed by atoms with E-state index in [0.29, 0.717) is 31.7 Å². The molecule has 1 aliphatic heterocycles. The van der Waals surface area contributed by atoms with Crippen molar-refractivity contribution in [1.29, 1.82) is 0 Å². The zero-order valence-electron chi connectivity index (χ0n) is 9.97. The zero-order valence-corrected chi connectivity index (χ0v) is 9.97. The predicted octanol–water partition coefficient (Wildman–Crippen LogP) is 0.0727. The summed E-state index contributed by atoms with van der Waals surface area (Å²) in [5.74, 6) is 0.586. The molecule has 0 saturated carbocycles. The second kappa shape index (κ2) is 3.78. The molecule has 6 heteroatoms. The summed E-state index contributed by atoms with van der Waals surface area (Å²) in [7, 11) is 1.72. The van der Waals surface area contributed by atoms with Crippen LogP contribution in [0, 0.1) is 0 Å². The molecule has 6 nitrogen and oxygen atoms in total. The fraction of sp³-hybridized carbons (Fsp3) is 0.900. The Labute approximate surface area is 94.6 Å². The van der Waals surface area contributed by atoms with Gasteiger partial charge in [0.25, 0.3) is 0 Å². The Morgan fingerprint density at radius 3 is 2.81 bits per heavy atom. The van der Waals surface area contributed by atoms with E-state index in [2.05, 4.69) is 15.4 Å². The van der Waals surface area contributed by atoms with E-state index in [1.807, 2.05) is 13.8 Å². The Morgan fingerprint density at radius 2 is 2.25 bits per heavy atom. The average Bonchev–Trinajstić information content (AvgIpc) is 2.47. The quantitative estimate of drug-likeness (QED) is 0.772. The molecule has 0 amide bonds. The molecule has 0 spiro atoms. The smallest absolute Gasteiger partial charge is 0.177 e. The van der Waals surface area contributed by atoms with E-state index in [1.165, 1.54) is 4.80 Å². The molecule has 1 aromatic heterocycles. The van der Waals surface area contributed by atoms with Gasteiger partial charge in [0.2, 0.25) is 0 Å². The molecule has 2 heterocycles. The van der Waals surface area contributed by atoms with E-state index in [1.54, 1.807) is 7.05 Å². The van der Waals surface area contributed by atoms with Gasteiger partial charge in [-0.3, -0.25) is 0 Å². The molecule has 1 aliphatic rings. The van der Waals surface area contributed by atoms with Crippen molar-refractivity contribution in [1.82, 2.24) is 20.2 Å². The highest BCUT2D eigenvalue weighted by Gasteiger charge is 2.40. The third-order valence-electron chi connectivity index (χ3n) is 2.85. The van der Waals surface area contributed by atoms with Gasteiger partial charge in [-0.05, 0) is 19.1 Å². The first-order valence-corrected chi connectivity index (χ1v) is 5.48. The van der Waals surface area contributed by atoms with E-state index < -0.39 is 5.60 Å². The lowest BCUT2D eigenvalue weighted by atomic mass is 9.82. The standard InChI is InChI=1S/C10H18N4O2/c1-9(2)7-10(15,4-5-16-9)6-8-11-13-14(3)12-8/h15H,4-7H2,1-3H3. The van der Waals surface area contributed by atoms with Gasteiger partial charge in [-0.2, -0.15) is 4.80 Å². The molecule has 90 valence electrons. The zero-order chi connectivity index (χ0) is 11.8. The van der Waals surface area contributed by atoms with Crippen LogP contribution in [0.2, 0.25) is 0 Å². The van der Waals surface area contributed by atoms with Crippen LogP contribution in [-0.4, -0.2) is 43.1 Å². The van der Waals surface area contributed by atoms with Crippen LogP contribution in [-0.2, 0) is 18.2 Å². The first-order valence-electron chi connectivity index (χ1n) is 5.48. The van der Waals surface area contributed by atoms with E-state index in [4.69, 9.17) is 4.74 Å². The third kappa shape index (κ3) is 2.56. The lowest BCUT2D eigenvalue weighted by molar-refractivity contribution is -0.143. The van der Waals surface area contributed by atoms with Crippen molar-refractivity contribution in [2.24, 2.45) is 7.05 Å². The molecule has 1 saturated heterocycles. The SMILES string of the molecule is Cn1nnc(CC2(O)CCOC(C)(C)C2)n1. The van der Waals surface area contributed by atoms with Crippen molar-refractivity contribution in [2.45, 2.75) is 44.3 Å². The summed E-state index contributed by atoms with van der Waals surface area (Å²) >= 11 is 0. The van der Waals surface area contributed by atoms with E-state index in [9.17, 15) is 5.11 Å². The minimum absolute atomic E-state index is 0.283. The molecule has 1 fully saturated rings. The number of nitrogens with zero attached hydrogens (tertiary/aromatic N) is 4. The van der Waals surface area contributed by atoms with Gasteiger partial charge >= 0.3 is 0 Å².